The summed E-state index contributed by atoms with van der Waals surface area (Å²) in [6.45, 7) is -3.18. The lowest BCUT2D eigenvalue weighted by Gasteiger charge is -2.09. The topological polar surface area (TPSA) is 68.4 Å². The predicted octanol–water partition coefficient (Wildman–Crippen LogP) is 1.10. The van der Waals surface area contributed by atoms with Gasteiger partial charge in [0.25, 0.3) is 0 Å². The number of nitrogens with two attached hydrogens (primary N) is 1. The van der Waals surface area contributed by atoms with Gasteiger partial charge in [0.1, 0.15) is 0 Å². The molecular formula is C8H11ClF2N2O2. The Balaban J connectivity index is 0.00000196. The van der Waals surface area contributed by atoms with Crippen LogP contribution in [-0.4, -0.2) is 23.3 Å². The highest BCUT2D eigenvalue weighted by atomic mass is 35.5. The molecule has 86 valence electrons. The summed E-state index contributed by atoms with van der Waals surface area (Å²) >= 11 is 0. The molecule has 1 aromatic rings. The van der Waals surface area contributed by atoms with Crippen LogP contribution in [0, 0.1) is 0 Å². The lowest BCUT2D eigenvalue weighted by atomic mass is 10.1. The van der Waals surface area contributed by atoms with Gasteiger partial charge in [0.15, 0.2) is 0 Å². The lowest BCUT2D eigenvalue weighted by Crippen LogP contribution is -2.15. The Morgan fingerprint density at radius 2 is 2.20 bits per heavy atom. The monoisotopic (exact) mass is 240 g/mol. The number of pyridine rings is 1. The van der Waals surface area contributed by atoms with Crippen molar-refractivity contribution in [2.75, 3.05) is 6.61 Å². The summed E-state index contributed by atoms with van der Waals surface area (Å²) in [5.74, 6) is -0.207. The average molecular weight is 241 g/mol. The minimum absolute atomic E-state index is 0. The SMILES string of the molecule is Cl.NC(CO)c1ccnc(OC(F)F)c1. The van der Waals surface area contributed by atoms with Crippen LogP contribution >= 0.6 is 12.4 Å². The number of aliphatic hydroxyl groups excluding tert-OH is 1. The van der Waals surface area contributed by atoms with Crippen LogP contribution in [0.15, 0.2) is 18.3 Å². The van der Waals surface area contributed by atoms with Gasteiger partial charge in [0, 0.05) is 12.3 Å². The molecule has 1 heterocycles. The van der Waals surface area contributed by atoms with Gasteiger partial charge in [-0.25, -0.2) is 4.98 Å². The zero-order chi connectivity index (χ0) is 10.6. The van der Waals surface area contributed by atoms with Crippen molar-refractivity contribution in [1.29, 1.82) is 0 Å². The van der Waals surface area contributed by atoms with Gasteiger partial charge < -0.3 is 15.6 Å². The fourth-order valence-corrected chi connectivity index (χ4v) is 0.917. The number of hydrogen-bond donors (Lipinski definition) is 2. The summed E-state index contributed by atoms with van der Waals surface area (Å²) in [5.41, 5.74) is 5.97. The third-order valence-electron chi connectivity index (χ3n) is 1.59. The minimum Gasteiger partial charge on any atom is -0.417 e. The normalized spacial score (nSPS) is 12.1. The van der Waals surface area contributed by atoms with Crippen molar-refractivity contribution >= 4 is 12.4 Å². The van der Waals surface area contributed by atoms with Crippen LogP contribution < -0.4 is 10.5 Å². The van der Waals surface area contributed by atoms with Crippen LogP contribution in [0.1, 0.15) is 11.6 Å². The second-order valence-electron chi connectivity index (χ2n) is 2.59. The van der Waals surface area contributed by atoms with Gasteiger partial charge in [-0.3, -0.25) is 0 Å². The number of nitrogens with zero attached hydrogens (tertiary/aromatic N) is 1. The van der Waals surface area contributed by atoms with Crippen molar-refractivity contribution in [3.8, 4) is 5.88 Å². The molecule has 0 spiro atoms. The molecular weight excluding hydrogens is 230 g/mol. The predicted molar refractivity (Wildman–Crippen MR) is 52.1 cm³/mol. The number of hydrogen-bond acceptors (Lipinski definition) is 4. The summed E-state index contributed by atoms with van der Waals surface area (Å²) in [6.07, 6.45) is 1.29. The molecule has 0 bridgehead atoms. The molecule has 1 aromatic heterocycles. The number of ether oxygens (including phenoxy) is 1. The third kappa shape index (κ3) is 4.37. The van der Waals surface area contributed by atoms with Crippen LogP contribution in [0.4, 0.5) is 8.78 Å². The molecule has 0 aliphatic heterocycles. The number of alkyl halides is 2. The minimum atomic E-state index is -2.91. The number of aromatic nitrogens is 1. The van der Waals surface area contributed by atoms with Crippen LogP contribution in [0.5, 0.6) is 5.88 Å². The smallest absolute Gasteiger partial charge is 0.388 e. The fraction of sp³-hybridized carbons (Fsp3) is 0.375. The highest BCUT2D eigenvalue weighted by molar-refractivity contribution is 5.85. The molecule has 4 nitrogen and oxygen atoms in total. The lowest BCUT2D eigenvalue weighted by molar-refractivity contribution is -0.0529. The molecule has 3 N–H and O–H groups in total. The van der Waals surface area contributed by atoms with E-state index in [1.54, 1.807) is 0 Å². The van der Waals surface area contributed by atoms with Gasteiger partial charge in [0.2, 0.25) is 5.88 Å². The van der Waals surface area contributed by atoms with Gasteiger partial charge in [-0.15, -0.1) is 12.4 Å². The van der Waals surface area contributed by atoms with Gasteiger partial charge in [-0.1, -0.05) is 0 Å². The summed E-state index contributed by atoms with van der Waals surface area (Å²) in [4.78, 5) is 3.56. The molecule has 0 fully saturated rings. The summed E-state index contributed by atoms with van der Waals surface area (Å²) in [5, 5.41) is 8.73. The Morgan fingerprint density at radius 1 is 1.53 bits per heavy atom. The van der Waals surface area contributed by atoms with Crippen molar-refractivity contribution in [2.45, 2.75) is 12.7 Å². The Labute approximate surface area is 91.5 Å². The van der Waals surface area contributed by atoms with Crippen molar-refractivity contribution in [3.63, 3.8) is 0 Å². The van der Waals surface area contributed by atoms with E-state index in [2.05, 4.69) is 9.72 Å². The molecule has 0 radical (unpaired) electrons. The maximum atomic E-state index is 11.8. The van der Waals surface area contributed by atoms with Gasteiger partial charge >= 0.3 is 6.61 Å². The molecule has 15 heavy (non-hydrogen) atoms. The van der Waals surface area contributed by atoms with Gasteiger partial charge in [-0.2, -0.15) is 8.78 Å². The van der Waals surface area contributed by atoms with Crippen molar-refractivity contribution < 1.29 is 18.6 Å². The van der Waals surface area contributed by atoms with Crippen LogP contribution in [-0.2, 0) is 0 Å². The zero-order valence-corrected chi connectivity index (χ0v) is 8.45. The number of aliphatic hydroxyl groups is 1. The van der Waals surface area contributed by atoms with E-state index in [1.165, 1.54) is 18.3 Å². The highest BCUT2D eigenvalue weighted by Crippen LogP contribution is 2.16. The quantitative estimate of drug-likeness (QED) is 0.827. The summed E-state index contributed by atoms with van der Waals surface area (Å²) in [7, 11) is 0. The second kappa shape index (κ2) is 6.49. The largest absolute Gasteiger partial charge is 0.417 e. The molecule has 1 atom stereocenters. The Morgan fingerprint density at radius 3 is 2.73 bits per heavy atom. The maximum Gasteiger partial charge on any atom is 0.388 e. The van der Waals surface area contributed by atoms with E-state index in [0.29, 0.717) is 5.56 Å². The van der Waals surface area contributed by atoms with E-state index in [-0.39, 0.29) is 24.9 Å². The third-order valence-corrected chi connectivity index (χ3v) is 1.59. The first-order chi connectivity index (χ1) is 6.63. The summed E-state index contributed by atoms with van der Waals surface area (Å²) < 4.78 is 27.7. The van der Waals surface area contributed by atoms with Crippen molar-refractivity contribution in [3.05, 3.63) is 23.9 Å². The highest BCUT2D eigenvalue weighted by Gasteiger charge is 2.09. The Kier molecular flexibility index (Phi) is 6.07. The van der Waals surface area contributed by atoms with E-state index in [1.807, 2.05) is 0 Å². The number of halogens is 3. The maximum absolute atomic E-state index is 11.8. The molecule has 1 unspecified atom stereocenters. The molecule has 0 amide bonds. The molecule has 7 heteroatoms. The second-order valence-corrected chi connectivity index (χ2v) is 2.59. The van der Waals surface area contributed by atoms with Crippen LogP contribution in [0.2, 0.25) is 0 Å². The van der Waals surface area contributed by atoms with E-state index >= 15 is 0 Å². The Hall–Kier alpha value is -0.980. The molecule has 0 saturated heterocycles. The molecule has 0 aliphatic rings. The number of rotatable bonds is 4. The van der Waals surface area contributed by atoms with E-state index in [0.717, 1.165) is 0 Å². The first-order valence-electron chi connectivity index (χ1n) is 3.90. The molecule has 0 aliphatic carbocycles. The zero-order valence-electron chi connectivity index (χ0n) is 7.64. The molecule has 1 rings (SSSR count). The standard InChI is InChI=1S/C8H10F2N2O2.ClH/c9-8(10)14-7-3-5(1-2-12-7)6(11)4-13;/h1-3,6,8,13H,4,11H2;1H. The van der Waals surface area contributed by atoms with Crippen molar-refractivity contribution in [2.24, 2.45) is 5.73 Å². The van der Waals surface area contributed by atoms with Crippen LogP contribution in [0.3, 0.4) is 0 Å². The van der Waals surface area contributed by atoms with E-state index < -0.39 is 12.7 Å². The fourth-order valence-electron chi connectivity index (χ4n) is 0.917. The van der Waals surface area contributed by atoms with E-state index in [4.69, 9.17) is 10.8 Å². The molecule has 0 saturated carbocycles. The van der Waals surface area contributed by atoms with Gasteiger partial charge in [-0.05, 0) is 11.6 Å². The first kappa shape index (κ1) is 14.0. The summed E-state index contributed by atoms with van der Waals surface area (Å²) in [6, 6.07) is 2.18. The van der Waals surface area contributed by atoms with Crippen LogP contribution in [0.25, 0.3) is 0 Å². The first-order valence-corrected chi connectivity index (χ1v) is 3.90. The molecule has 0 aromatic carbocycles. The average Bonchev–Trinajstić information content (AvgIpc) is 2.16. The Bertz CT molecular complexity index is 302. The van der Waals surface area contributed by atoms with Gasteiger partial charge in [0.05, 0.1) is 12.6 Å². The van der Waals surface area contributed by atoms with Crippen molar-refractivity contribution in [1.82, 2.24) is 4.98 Å². The van der Waals surface area contributed by atoms with E-state index in [9.17, 15) is 8.78 Å².